The van der Waals surface area contributed by atoms with Gasteiger partial charge in [0.25, 0.3) is 10.0 Å². The molecule has 0 fully saturated rings. The van der Waals surface area contributed by atoms with Crippen molar-refractivity contribution in [2.24, 2.45) is 0 Å². The summed E-state index contributed by atoms with van der Waals surface area (Å²) in [6, 6.07) is 9.20. The number of anilines is 1. The maximum atomic E-state index is 14.4. The summed E-state index contributed by atoms with van der Waals surface area (Å²) in [7, 11) is -3.99. The lowest BCUT2D eigenvalue weighted by atomic mass is 9.96. The Kier molecular flexibility index (Phi) is 5.68. The van der Waals surface area contributed by atoms with Crippen LogP contribution in [0.25, 0.3) is 11.1 Å². The van der Waals surface area contributed by atoms with Crippen molar-refractivity contribution >= 4 is 15.7 Å². The summed E-state index contributed by atoms with van der Waals surface area (Å²) in [4.78, 5) is 3.94. The quantitative estimate of drug-likeness (QED) is 0.604. The highest BCUT2D eigenvalue weighted by molar-refractivity contribution is 7.89. The summed E-state index contributed by atoms with van der Waals surface area (Å²) < 4.78 is 49.8. The molecule has 1 aliphatic rings. The number of rotatable bonds is 5. The van der Waals surface area contributed by atoms with Crippen molar-refractivity contribution in [2.75, 3.05) is 5.32 Å². The molecular weight excluding hydrogens is 435 g/mol. The van der Waals surface area contributed by atoms with E-state index in [0.29, 0.717) is 22.4 Å². The van der Waals surface area contributed by atoms with Crippen LogP contribution in [0.3, 0.4) is 0 Å². The number of benzene rings is 1. The van der Waals surface area contributed by atoms with Gasteiger partial charge in [0.2, 0.25) is 0 Å². The Morgan fingerprint density at radius 2 is 2.09 bits per heavy atom. The molecule has 2 aromatic heterocycles. The molecule has 3 aromatic rings. The predicted molar refractivity (Wildman–Crippen MR) is 114 cm³/mol. The molecule has 166 valence electrons. The number of nitrogens with zero attached hydrogens (tertiary/aromatic N) is 4. The molecule has 2 N–H and O–H groups in total. The molecule has 0 radical (unpaired) electrons. The van der Waals surface area contributed by atoms with Gasteiger partial charge in [-0.15, -0.1) is 0 Å². The van der Waals surface area contributed by atoms with Crippen molar-refractivity contribution in [2.45, 2.75) is 44.3 Å². The highest BCUT2D eigenvalue weighted by Gasteiger charge is 2.31. The molecule has 0 bridgehead atoms. The van der Waals surface area contributed by atoms with Crippen LogP contribution < -0.4 is 10.0 Å². The molecule has 0 saturated carbocycles. The summed E-state index contributed by atoms with van der Waals surface area (Å²) in [6.45, 7) is 5.47. The fraction of sp³-hybridized carbons (Fsp3) is 0.286. The van der Waals surface area contributed by atoms with E-state index in [-0.39, 0.29) is 16.8 Å². The van der Waals surface area contributed by atoms with Gasteiger partial charge >= 0.3 is 0 Å². The van der Waals surface area contributed by atoms with Gasteiger partial charge in [-0.05, 0) is 56.7 Å². The molecule has 1 aliphatic heterocycles. The summed E-state index contributed by atoms with van der Waals surface area (Å²) >= 11 is 0. The van der Waals surface area contributed by atoms with Crippen LogP contribution in [-0.2, 0) is 14.8 Å². The van der Waals surface area contributed by atoms with Crippen LogP contribution in [-0.4, -0.2) is 29.5 Å². The van der Waals surface area contributed by atoms with Gasteiger partial charge in [-0.25, -0.2) is 17.8 Å². The zero-order valence-electron chi connectivity index (χ0n) is 17.6. The normalized spacial score (nSPS) is 18.1. The van der Waals surface area contributed by atoms with E-state index in [1.807, 2.05) is 19.9 Å². The number of nitriles is 1. The average Bonchev–Trinajstić information content (AvgIpc) is 3.25. The first-order valence-electron chi connectivity index (χ1n) is 9.87. The molecule has 3 heterocycles. The number of hydrogen-bond donors (Lipinski definition) is 2. The minimum atomic E-state index is -3.99. The largest absolute Gasteiger partial charge is 0.346 e. The predicted octanol–water partition coefficient (Wildman–Crippen LogP) is 3.30. The van der Waals surface area contributed by atoms with Crippen molar-refractivity contribution < 1.29 is 17.5 Å². The second-order valence-corrected chi connectivity index (χ2v) is 9.27. The van der Waals surface area contributed by atoms with Crippen LogP contribution in [0.1, 0.15) is 44.2 Å². The molecule has 0 saturated heterocycles. The van der Waals surface area contributed by atoms with E-state index >= 15 is 0 Å². The van der Waals surface area contributed by atoms with Crippen LogP contribution in [0.4, 0.5) is 10.1 Å². The van der Waals surface area contributed by atoms with Crippen LogP contribution >= 0.6 is 0 Å². The number of hydrogen-bond acceptors (Lipinski definition) is 7. The monoisotopic (exact) mass is 456 g/mol. The first kappa shape index (κ1) is 21.9. The molecule has 4 rings (SSSR count). The highest BCUT2D eigenvalue weighted by Crippen LogP contribution is 2.40. The maximum Gasteiger partial charge on any atom is 0.263 e. The van der Waals surface area contributed by atoms with Gasteiger partial charge in [-0.2, -0.15) is 15.1 Å². The molecule has 0 amide bonds. The topological polar surface area (TPSA) is 122 Å². The number of sulfonamides is 1. The first-order valence-corrected chi connectivity index (χ1v) is 11.4. The number of fused-ring (bicyclic) bond motifs is 1. The third-order valence-corrected chi connectivity index (χ3v) is 6.32. The summed E-state index contributed by atoms with van der Waals surface area (Å²) in [5, 5.41) is 16.1. The van der Waals surface area contributed by atoms with E-state index in [9.17, 15) is 12.8 Å². The first-order chi connectivity index (χ1) is 15.2. The molecule has 2 atom stereocenters. The van der Waals surface area contributed by atoms with E-state index in [1.165, 1.54) is 30.5 Å². The minimum absolute atomic E-state index is 0.00558. The van der Waals surface area contributed by atoms with Gasteiger partial charge in [-0.3, -0.25) is 4.68 Å². The van der Waals surface area contributed by atoms with Crippen LogP contribution in [0.5, 0.6) is 0 Å². The van der Waals surface area contributed by atoms with Gasteiger partial charge in [0.1, 0.15) is 17.6 Å². The fourth-order valence-corrected chi connectivity index (χ4v) is 4.41. The molecule has 0 spiro atoms. The van der Waals surface area contributed by atoms with Gasteiger partial charge < -0.3 is 10.1 Å². The van der Waals surface area contributed by atoms with Crippen LogP contribution in [0.15, 0.2) is 47.8 Å². The highest BCUT2D eigenvalue weighted by atomic mass is 32.2. The number of aromatic nitrogens is 3. The van der Waals surface area contributed by atoms with E-state index in [2.05, 4.69) is 20.1 Å². The van der Waals surface area contributed by atoms with E-state index < -0.39 is 28.3 Å². The van der Waals surface area contributed by atoms with Crippen molar-refractivity contribution in [1.29, 1.82) is 5.26 Å². The van der Waals surface area contributed by atoms with Crippen molar-refractivity contribution in [1.82, 2.24) is 19.5 Å². The van der Waals surface area contributed by atoms with E-state index in [4.69, 9.17) is 10.00 Å². The summed E-state index contributed by atoms with van der Waals surface area (Å²) in [6.07, 6.45) is 1.31. The third kappa shape index (κ3) is 4.20. The van der Waals surface area contributed by atoms with Gasteiger partial charge in [0, 0.05) is 29.6 Å². The SMILES string of the molecule is CC1OC(NS(=O)(=O)c2ccn(C(C)C)n2)Nc2c(-c3ccnc(C#N)c3)cc(F)cc21. The Bertz CT molecular complexity index is 1320. The Morgan fingerprint density at radius 3 is 2.78 bits per heavy atom. The lowest BCUT2D eigenvalue weighted by molar-refractivity contribution is -0.00116. The van der Waals surface area contributed by atoms with Crippen molar-refractivity contribution in [3.05, 3.63) is 59.8 Å². The van der Waals surface area contributed by atoms with E-state index in [1.54, 1.807) is 23.9 Å². The lowest BCUT2D eigenvalue weighted by Crippen LogP contribution is -2.45. The average molecular weight is 457 g/mol. The van der Waals surface area contributed by atoms with Crippen LogP contribution in [0, 0.1) is 17.1 Å². The van der Waals surface area contributed by atoms with Gasteiger partial charge in [0.05, 0.1) is 11.8 Å². The maximum absolute atomic E-state index is 14.4. The van der Waals surface area contributed by atoms with Gasteiger partial charge in [-0.1, -0.05) is 0 Å². The smallest absolute Gasteiger partial charge is 0.263 e. The minimum Gasteiger partial charge on any atom is -0.346 e. The zero-order chi connectivity index (χ0) is 23.0. The molecule has 32 heavy (non-hydrogen) atoms. The number of halogens is 1. The zero-order valence-corrected chi connectivity index (χ0v) is 18.4. The lowest BCUT2D eigenvalue weighted by Gasteiger charge is -2.33. The number of pyridine rings is 1. The van der Waals surface area contributed by atoms with E-state index in [0.717, 1.165) is 0 Å². The third-order valence-electron chi connectivity index (χ3n) is 5.02. The van der Waals surface area contributed by atoms with Crippen LogP contribution in [0.2, 0.25) is 0 Å². The molecule has 9 nitrogen and oxygen atoms in total. The number of nitrogens with one attached hydrogen (secondary N) is 2. The molecule has 1 aromatic carbocycles. The molecule has 2 unspecified atom stereocenters. The molecule has 0 aliphatic carbocycles. The second-order valence-electron chi connectivity index (χ2n) is 7.61. The standard InChI is InChI=1S/C21H21FN6O3S/c1-12(2)28-7-5-19(26-28)32(29,30)27-21-25-20-17(13(3)31-21)9-15(22)10-18(20)14-4-6-24-16(8-14)11-23/h4-10,12-13,21,25,27H,1-3H3. The van der Waals surface area contributed by atoms with Gasteiger partial charge in [0.15, 0.2) is 11.4 Å². The van der Waals surface area contributed by atoms with Crippen molar-refractivity contribution in [3.8, 4) is 17.2 Å². The Hall–Kier alpha value is -3.33. The Labute approximate surface area is 184 Å². The fourth-order valence-electron chi connectivity index (χ4n) is 3.45. The number of ether oxygens (including phenoxy) is 1. The summed E-state index contributed by atoms with van der Waals surface area (Å²) in [5.74, 6) is -0.482. The Balaban J connectivity index is 1.68. The van der Waals surface area contributed by atoms with Crippen molar-refractivity contribution in [3.63, 3.8) is 0 Å². The second kappa shape index (κ2) is 8.31. The summed E-state index contributed by atoms with van der Waals surface area (Å²) in [5.41, 5.74) is 2.22. The molecular formula is C21H21FN6O3S. The Morgan fingerprint density at radius 1 is 1.31 bits per heavy atom. The molecule has 11 heteroatoms.